The zero-order valence-corrected chi connectivity index (χ0v) is 12.7. The largest absolute Gasteiger partial charge is 0.390 e. The van der Waals surface area contributed by atoms with Gasteiger partial charge in [0.2, 0.25) is 0 Å². The van der Waals surface area contributed by atoms with Crippen LogP contribution >= 0.6 is 0 Å². The molecular weight excluding hydrogens is 236 g/mol. The molecule has 2 rings (SSSR count). The molecule has 0 spiro atoms. The van der Waals surface area contributed by atoms with Crippen LogP contribution in [0, 0.1) is 0 Å². The van der Waals surface area contributed by atoms with Crippen molar-refractivity contribution < 1.29 is 9.84 Å². The fourth-order valence-corrected chi connectivity index (χ4v) is 3.80. The number of unbranched alkanes of at least 4 members (excludes halogenated alkanes) is 7. The van der Waals surface area contributed by atoms with Crippen molar-refractivity contribution in [1.82, 2.24) is 0 Å². The average Bonchev–Trinajstić information content (AvgIpc) is 2.73. The minimum atomic E-state index is -0.397. The van der Waals surface area contributed by atoms with Gasteiger partial charge in [0.05, 0.1) is 17.8 Å². The number of rotatable bonds is 9. The van der Waals surface area contributed by atoms with Gasteiger partial charge >= 0.3 is 0 Å². The van der Waals surface area contributed by atoms with Crippen LogP contribution in [-0.4, -0.2) is 22.9 Å². The fourth-order valence-electron chi connectivity index (χ4n) is 3.80. The Bertz CT molecular complexity index is 240. The molecule has 0 amide bonds. The molecule has 0 aromatic rings. The highest BCUT2D eigenvalue weighted by Crippen LogP contribution is 2.40. The van der Waals surface area contributed by atoms with Crippen molar-refractivity contribution in [2.45, 2.75) is 108 Å². The van der Waals surface area contributed by atoms with Gasteiger partial charge in [0, 0.05) is 12.8 Å². The van der Waals surface area contributed by atoms with Crippen LogP contribution in [0.3, 0.4) is 0 Å². The van der Waals surface area contributed by atoms with Crippen LogP contribution in [0.25, 0.3) is 0 Å². The Morgan fingerprint density at radius 1 is 0.895 bits per heavy atom. The first kappa shape index (κ1) is 15.3. The first-order valence-electron chi connectivity index (χ1n) is 8.60. The molecule has 2 atom stereocenters. The Labute approximate surface area is 118 Å². The molecule has 2 saturated heterocycles. The van der Waals surface area contributed by atoms with E-state index < -0.39 is 5.60 Å². The molecule has 2 bridgehead atoms. The van der Waals surface area contributed by atoms with Gasteiger partial charge < -0.3 is 9.84 Å². The summed E-state index contributed by atoms with van der Waals surface area (Å²) in [6.45, 7) is 2.27. The SMILES string of the molecule is CCCCCCCCCCC1(O)CC2CCC(C1)O2. The van der Waals surface area contributed by atoms with Crippen molar-refractivity contribution in [1.29, 1.82) is 0 Å². The highest BCUT2D eigenvalue weighted by atomic mass is 16.5. The molecule has 0 aromatic heterocycles. The Morgan fingerprint density at radius 3 is 2.00 bits per heavy atom. The summed E-state index contributed by atoms with van der Waals surface area (Å²) >= 11 is 0. The molecular formula is C17H32O2. The van der Waals surface area contributed by atoms with Gasteiger partial charge in [-0.2, -0.15) is 0 Å². The van der Waals surface area contributed by atoms with Gasteiger partial charge in [-0.1, -0.05) is 58.3 Å². The van der Waals surface area contributed by atoms with Crippen molar-refractivity contribution >= 4 is 0 Å². The highest BCUT2D eigenvalue weighted by molar-refractivity contribution is 4.94. The van der Waals surface area contributed by atoms with Gasteiger partial charge in [0.15, 0.2) is 0 Å². The van der Waals surface area contributed by atoms with E-state index in [9.17, 15) is 5.11 Å². The smallest absolute Gasteiger partial charge is 0.0697 e. The summed E-state index contributed by atoms with van der Waals surface area (Å²) in [4.78, 5) is 0. The fraction of sp³-hybridized carbons (Fsp3) is 1.00. The van der Waals surface area contributed by atoms with Gasteiger partial charge in [0.1, 0.15) is 0 Å². The lowest BCUT2D eigenvalue weighted by Gasteiger charge is -2.36. The van der Waals surface area contributed by atoms with Crippen LogP contribution in [0.5, 0.6) is 0 Å². The van der Waals surface area contributed by atoms with E-state index in [1.54, 1.807) is 0 Å². The summed E-state index contributed by atoms with van der Waals surface area (Å²) in [7, 11) is 0. The molecule has 2 nitrogen and oxygen atoms in total. The summed E-state index contributed by atoms with van der Waals surface area (Å²) in [6, 6.07) is 0. The molecule has 1 N–H and O–H groups in total. The number of hydrogen-bond acceptors (Lipinski definition) is 2. The maximum atomic E-state index is 10.6. The molecule has 2 fully saturated rings. The van der Waals surface area contributed by atoms with E-state index in [0.29, 0.717) is 12.2 Å². The van der Waals surface area contributed by atoms with E-state index in [0.717, 1.165) is 19.3 Å². The molecule has 0 aliphatic carbocycles. The second-order valence-electron chi connectivity index (χ2n) is 6.81. The van der Waals surface area contributed by atoms with Crippen molar-refractivity contribution in [2.75, 3.05) is 0 Å². The first-order valence-corrected chi connectivity index (χ1v) is 8.60. The van der Waals surface area contributed by atoms with Gasteiger partial charge in [-0.25, -0.2) is 0 Å². The summed E-state index contributed by atoms with van der Waals surface area (Å²) in [5, 5.41) is 10.6. The summed E-state index contributed by atoms with van der Waals surface area (Å²) in [6.07, 6.45) is 16.6. The molecule has 112 valence electrons. The molecule has 2 heterocycles. The van der Waals surface area contributed by atoms with Gasteiger partial charge in [-0.3, -0.25) is 0 Å². The van der Waals surface area contributed by atoms with Crippen molar-refractivity contribution in [3.63, 3.8) is 0 Å². The number of hydrogen-bond donors (Lipinski definition) is 1. The quantitative estimate of drug-likeness (QED) is 0.620. The lowest BCUT2D eigenvalue weighted by Crippen LogP contribution is -2.40. The summed E-state index contributed by atoms with van der Waals surface area (Å²) in [5.74, 6) is 0. The van der Waals surface area contributed by atoms with Crippen LogP contribution in [0.2, 0.25) is 0 Å². The Hall–Kier alpha value is -0.0800. The summed E-state index contributed by atoms with van der Waals surface area (Å²) in [5.41, 5.74) is -0.397. The third-order valence-corrected chi connectivity index (χ3v) is 4.91. The number of aliphatic hydroxyl groups is 1. The number of ether oxygens (including phenoxy) is 1. The van der Waals surface area contributed by atoms with Crippen LogP contribution < -0.4 is 0 Å². The van der Waals surface area contributed by atoms with Crippen LogP contribution in [0.4, 0.5) is 0 Å². The van der Waals surface area contributed by atoms with E-state index in [2.05, 4.69) is 6.92 Å². The van der Waals surface area contributed by atoms with E-state index in [1.165, 1.54) is 64.2 Å². The predicted molar refractivity (Wildman–Crippen MR) is 79.3 cm³/mol. The highest BCUT2D eigenvalue weighted by Gasteiger charge is 2.42. The average molecular weight is 268 g/mol. The Morgan fingerprint density at radius 2 is 1.42 bits per heavy atom. The van der Waals surface area contributed by atoms with Crippen molar-refractivity contribution in [3.8, 4) is 0 Å². The topological polar surface area (TPSA) is 29.5 Å². The lowest BCUT2D eigenvalue weighted by atomic mass is 9.85. The molecule has 2 heteroatoms. The van der Waals surface area contributed by atoms with Crippen molar-refractivity contribution in [2.24, 2.45) is 0 Å². The third kappa shape index (κ3) is 5.07. The maximum Gasteiger partial charge on any atom is 0.0697 e. The van der Waals surface area contributed by atoms with Gasteiger partial charge in [-0.15, -0.1) is 0 Å². The zero-order chi connectivity index (χ0) is 13.6. The Kier molecular flexibility index (Phi) is 6.15. The maximum absolute atomic E-state index is 10.6. The first-order chi connectivity index (χ1) is 9.22. The minimum absolute atomic E-state index is 0.359. The van der Waals surface area contributed by atoms with Crippen LogP contribution in [-0.2, 0) is 4.74 Å². The van der Waals surface area contributed by atoms with E-state index in [-0.39, 0.29) is 0 Å². The van der Waals surface area contributed by atoms with E-state index >= 15 is 0 Å². The van der Waals surface area contributed by atoms with E-state index in [4.69, 9.17) is 4.74 Å². The second kappa shape index (κ2) is 7.64. The monoisotopic (exact) mass is 268 g/mol. The molecule has 0 radical (unpaired) electrons. The Balaban J connectivity index is 1.51. The molecule has 19 heavy (non-hydrogen) atoms. The lowest BCUT2D eigenvalue weighted by molar-refractivity contribution is -0.115. The zero-order valence-electron chi connectivity index (χ0n) is 12.7. The molecule has 0 saturated carbocycles. The van der Waals surface area contributed by atoms with Gasteiger partial charge in [0.25, 0.3) is 0 Å². The summed E-state index contributed by atoms with van der Waals surface area (Å²) < 4.78 is 5.82. The third-order valence-electron chi connectivity index (χ3n) is 4.91. The predicted octanol–water partition coefficient (Wildman–Crippen LogP) is 4.59. The van der Waals surface area contributed by atoms with E-state index in [1.807, 2.05) is 0 Å². The van der Waals surface area contributed by atoms with Gasteiger partial charge in [-0.05, 0) is 19.3 Å². The minimum Gasteiger partial charge on any atom is -0.390 e. The normalized spacial score (nSPS) is 33.8. The van der Waals surface area contributed by atoms with Crippen LogP contribution in [0.1, 0.15) is 90.4 Å². The molecule has 0 aromatic carbocycles. The van der Waals surface area contributed by atoms with Crippen molar-refractivity contribution in [3.05, 3.63) is 0 Å². The molecule has 2 aliphatic rings. The van der Waals surface area contributed by atoms with Crippen LogP contribution in [0.15, 0.2) is 0 Å². The second-order valence-corrected chi connectivity index (χ2v) is 6.81. The number of fused-ring (bicyclic) bond motifs is 2. The molecule has 2 aliphatic heterocycles. The standard InChI is InChI=1S/C17H32O2/c1-2-3-4-5-6-7-8-9-12-17(18)13-15-10-11-16(14-17)19-15/h15-16,18H,2-14H2,1H3. The molecule has 2 unspecified atom stereocenters.